The predicted molar refractivity (Wildman–Crippen MR) is 76.3 cm³/mol. The second kappa shape index (κ2) is 5.43. The van der Waals surface area contributed by atoms with Crippen molar-refractivity contribution < 1.29 is 15.0 Å². The van der Waals surface area contributed by atoms with E-state index in [1.54, 1.807) is 11.8 Å². The lowest BCUT2D eigenvalue weighted by atomic mass is 10.0. The molecule has 2 atom stereocenters. The number of aliphatic hydroxyl groups is 1. The van der Waals surface area contributed by atoms with E-state index in [1.807, 2.05) is 44.2 Å². The minimum atomic E-state index is -0.960. The third-order valence-electron chi connectivity index (χ3n) is 3.54. The molecule has 4 nitrogen and oxygen atoms in total. The molecule has 1 aliphatic rings. The number of aliphatic hydroxyl groups excluding tert-OH is 1. The number of amides is 1. The Balaban J connectivity index is 2.22. The maximum Gasteiger partial charge on any atom is 0.408 e. The molecule has 1 heterocycles. The Hall–Kier alpha value is -1.20. The summed E-state index contributed by atoms with van der Waals surface area (Å²) < 4.78 is -0.271. The van der Waals surface area contributed by atoms with E-state index in [0.717, 1.165) is 5.56 Å². The van der Waals surface area contributed by atoms with E-state index in [9.17, 15) is 15.0 Å². The first-order chi connectivity index (χ1) is 8.95. The average molecular weight is 281 g/mol. The summed E-state index contributed by atoms with van der Waals surface area (Å²) >= 11 is 1.62. The van der Waals surface area contributed by atoms with Crippen LogP contribution >= 0.6 is 11.8 Å². The fourth-order valence-electron chi connectivity index (χ4n) is 2.54. The van der Waals surface area contributed by atoms with Gasteiger partial charge >= 0.3 is 6.09 Å². The lowest BCUT2D eigenvalue weighted by Gasteiger charge is -2.29. The summed E-state index contributed by atoms with van der Waals surface area (Å²) in [6.45, 7) is 3.83. The van der Waals surface area contributed by atoms with E-state index in [4.69, 9.17) is 0 Å². The topological polar surface area (TPSA) is 60.8 Å². The van der Waals surface area contributed by atoms with Crippen molar-refractivity contribution in [2.75, 3.05) is 6.61 Å². The number of nitrogens with zero attached hydrogens (tertiary/aromatic N) is 1. The van der Waals surface area contributed by atoms with Gasteiger partial charge in [-0.05, 0) is 19.4 Å². The summed E-state index contributed by atoms with van der Waals surface area (Å²) in [4.78, 5) is 12.9. The highest BCUT2D eigenvalue weighted by atomic mass is 32.2. The van der Waals surface area contributed by atoms with Gasteiger partial charge in [-0.2, -0.15) is 0 Å². The maximum absolute atomic E-state index is 11.5. The zero-order chi connectivity index (χ0) is 14.0. The van der Waals surface area contributed by atoms with Gasteiger partial charge < -0.3 is 10.2 Å². The molecule has 2 rings (SSSR count). The molecule has 0 spiro atoms. The van der Waals surface area contributed by atoms with Crippen molar-refractivity contribution in [1.29, 1.82) is 0 Å². The predicted octanol–water partition coefficient (Wildman–Crippen LogP) is 2.42. The minimum absolute atomic E-state index is 0.141. The molecule has 19 heavy (non-hydrogen) atoms. The highest BCUT2D eigenvalue weighted by Gasteiger charge is 2.49. The Morgan fingerprint density at radius 2 is 2.00 bits per heavy atom. The monoisotopic (exact) mass is 281 g/mol. The van der Waals surface area contributed by atoms with Gasteiger partial charge in [0.15, 0.2) is 0 Å². The maximum atomic E-state index is 11.5. The van der Waals surface area contributed by atoms with Crippen molar-refractivity contribution in [2.45, 2.75) is 36.4 Å². The summed E-state index contributed by atoms with van der Waals surface area (Å²) in [5, 5.41) is 18.7. The molecule has 1 aromatic rings. The number of rotatable bonds is 3. The molecule has 1 amide bonds. The minimum Gasteiger partial charge on any atom is -0.465 e. The Morgan fingerprint density at radius 3 is 2.53 bits per heavy atom. The van der Waals surface area contributed by atoms with E-state index < -0.39 is 6.09 Å². The number of hydrogen-bond donors (Lipinski definition) is 2. The first kappa shape index (κ1) is 14.2. The Morgan fingerprint density at radius 1 is 1.37 bits per heavy atom. The lowest BCUT2D eigenvalue weighted by Crippen LogP contribution is -2.47. The highest BCUT2D eigenvalue weighted by molar-refractivity contribution is 8.01. The van der Waals surface area contributed by atoms with Crippen molar-refractivity contribution in [3.63, 3.8) is 0 Å². The van der Waals surface area contributed by atoms with Crippen LogP contribution in [0.3, 0.4) is 0 Å². The van der Waals surface area contributed by atoms with E-state index in [1.165, 1.54) is 4.90 Å². The number of carboxylic acid groups (broad SMARTS) is 1. The summed E-state index contributed by atoms with van der Waals surface area (Å²) in [6.07, 6.45) is -0.296. The Bertz CT molecular complexity index is 449. The number of benzene rings is 1. The molecule has 1 fully saturated rings. The molecular weight excluding hydrogens is 262 g/mol. The zero-order valence-corrected chi connectivity index (χ0v) is 11.9. The van der Waals surface area contributed by atoms with Gasteiger partial charge in [-0.15, -0.1) is 11.8 Å². The van der Waals surface area contributed by atoms with Crippen LogP contribution in [0, 0.1) is 0 Å². The molecule has 104 valence electrons. The standard InChI is InChI=1S/C14H19NO3S/c1-14(2)11(9-16)15(13(17)18)12(19-14)8-10-6-4-3-5-7-10/h3-7,11-12,16H,8-9H2,1-2H3,(H,17,18)/t11-,12?/m0/s1. The molecule has 2 N–H and O–H groups in total. The second-order valence-corrected chi connectivity index (χ2v) is 7.09. The lowest BCUT2D eigenvalue weighted by molar-refractivity contribution is 0.0901. The molecular formula is C14H19NO3S. The number of hydrogen-bond acceptors (Lipinski definition) is 3. The summed E-state index contributed by atoms with van der Waals surface area (Å²) in [5.41, 5.74) is 1.11. The Labute approximate surface area is 117 Å². The van der Waals surface area contributed by atoms with Crippen LogP contribution < -0.4 is 0 Å². The van der Waals surface area contributed by atoms with E-state index >= 15 is 0 Å². The van der Waals surface area contributed by atoms with Crippen LogP contribution in [0.2, 0.25) is 0 Å². The summed E-state index contributed by atoms with van der Waals surface area (Å²) in [5.74, 6) is 0. The SMILES string of the molecule is CC1(C)SC(Cc2ccccc2)N(C(=O)O)[C@H]1CO. The van der Waals surface area contributed by atoms with Crippen LogP contribution in [0.5, 0.6) is 0 Å². The fourth-order valence-corrected chi connectivity index (χ4v) is 4.21. The van der Waals surface area contributed by atoms with Crippen LogP contribution in [0.1, 0.15) is 19.4 Å². The van der Waals surface area contributed by atoms with Crippen LogP contribution in [0.15, 0.2) is 30.3 Å². The van der Waals surface area contributed by atoms with Gasteiger partial charge in [-0.3, -0.25) is 4.90 Å². The Kier molecular flexibility index (Phi) is 4.06. The first-order valence-corrected chi connectivity index (χ1v) is 7.17. The molecule has 1 aromatic carbocycles. The second-order valence-electron chi connectivity index (χ2n) is 5.25. The van der Waals surface area contributed by atoms with Gasteiger partial charge in [0.2, 0.25) is 0 Å². The van der Waals surface area contributed by atoms with Gasteiger partial charge in [-0.1, -0.05) is 30.3 Å². The average Bonchev–Trinajstić information content (AvgIpc) is 2.60. The first-order valence-electron chi connectivity index (χ1n) is 6.29. The summed E-state index contributed by atoms with van der Waals surface area (Å²) in [7, 11) is 0. The van der Waals surface area contributed by atoms with E-state index in [-0.39, 0.29) is 22.8 Å². The number of carbonyl (C=O) groups is 1. The van der Waals surface area contributed by atoms with Gasteiger partial charge in [0.25, 0.3) is 0 Å². The van der Waals surface area contributed by atoms with Crippen molar-refractivity contribution in [3.8, 4) is 0 Å². The van der Waals surface area contributed by atoms with Gasteiger partial charge in [0, 0.05) is 11.2 Å². The van der Waals surface area contributed by atoms with E-state index in [0.29, 0.717) is 6.42 Å². The largest absolute Gasteiger partial charge is 0.465 e. The van der Waals surface area contributed by atoms with E-state index in [2.05, 4.69) is 0 Å². The van der Waals surface area contributed by atoms with Gasteiger partial charge in [0.1, 0.15) is 0 Å². The van der Waals surface area contributed by atoms with Crippen molar-refractivity contribution in [3.05, 3.63) is 35.9 Å². The third-order valence-corrected chi connectivity index (χ3v) is 5.08. The van der Waals surface area contributed by atoms with Crippen LogP contribution in [0.25, 0.3) is 0 Å². The van der Waals surface area contributed by atoms with Crippen molar-refractivity contribution >= 4 is 17.9 Å². The van der Waals surface area contributed by atoms with Crippen molar-refractivity contribution in [2.24, 2.45) is 0 Å². The normalized spacial score (nSPS) is 25.5. The van der Waals surface area contributed by atoms with Gasteiger partial charge in [-0.25, -0.2) is 4.79 Å². The fraction of sp³-hybridized carbons (Fsp3) is 0.500. The van der Waals surface area contributed by atoms with Gasteiger partial charge in [0.05, 0.1) is 18.0 Å². The highest BCUT2D eigenvalue weighted by Crippen LogP contribution is 2.45. The molecule has 1 aliphatic heterocycles. The molecule has 0 radical (unpaired) electrons. The molecule has 0 aliphatic carbocycles. The quantitative estimate of drug-likeness (QED) is 0.893. The molecule has 5 heteroatoms. The third kappa shape index (κ3) is 2.87. The van der Waals surface area contributed by atoms with Crippen molar-refractivity contribution in [1.82, 2.24) is 4.90 Å². The van der Waals surface area contributed by atoms with Crippen LogP contribution in [-0.2, 0) is 6.42 Å². The van der Waals surface area contributed by atoms with Crippen LogP contribution in [0.4, 0.5) is 4.79 Å². The molecule has 0 bridgehead atoms. The molecule has 1 unspecified atom stereocenters. The summed E-state index contributed by atoms with van der Waals surface area (Å²) in [6, 6.07) is 9.49. The molecule has 0 saturated carbocycles. The van der Waals surface area contributed by atoms with Crippen LogP contribution in [-0.4, -0.2) is 44.0 Å². The molecule has 1 saturated heterocycles. The smallest absolute Gasteiger partial charge is 0.408 e. The molecule has 0 aromatic heterocycles. The number of thioether (sulfide) groups is 1. The zero-order valence-electron chi connectivity index (χ0n) is 11.1.